The van der Waals surface area contributed by atoms with Crippen molar-refractivity contribution in [3.05, 3.63) is 51.9 Å². The highest BCUT2D eigenvalue weighted by Crippen LogP contribution is 2.42. The number of benzene rings is 1. The first-order chi connectivity index (χ1) is 10.1. The Labute approximate surface area is 136 Å². The Morgan fingerprint density at radius 2 is 2.00 bits per heavy atom. The van der Waals surface area contributed by atoms with Gasteiger partial charge in [-0.2, -0.15) is 0 Å². The van der Waals surface area contributed by atoms with Gasteiger partial charge in [0.15, 0.2) is 0 Å². The Balaban J connectivity index is 1.99. The largest absolute Gasteiger partial charge is 0.327 e. The van der Waals surface area contributed by atoms with Crippen LogP contribution in [0.4, 0.5) is 0 Å². The third kappa shape index (κ3) is 3.21. The average Bonchev–Trinajstić information content (AvgIpc) is 2.90. The maximum atomic E-state index is 6.17. The number of aromatic nitrogens is 2. The number of thiophene rings is 1. The second-order valence-electron chi connectivity index (χ2n) is 4.74. The molecule has 0 aliphatic rings. The number of halogens is 1. The molecule has 3 aromatic rings. The summed E-state index contributed by atoms with van der Waals surface area (Å²) in [6.07, 6.45) is 1.60. The van der Waals surface area contributed by atoms with Crippen molar-refractivity contribution in [2.45, 2.75) is 23.2 Å². The number of nitrogens with two attached hydrogens (primary N) is 1. The predicted molar refractivity (Wildman–Crippen MR) is 91.1 cm³/mol. The van der Waals surface area contributed by atoms with Crippen LogP contribution in [0.25, 0.3) is 10.9 Å². The van der Waals surface area contributed by atoms with Gasteiger partial charge >= 0.3 is 0 Å². The van der Waals surface area contributed by atoms with Gasteiger partial charge in [0.25, 0.3) is 0 Å². The van der Waals surface area contributed by atoms with Crippen molar-refractivity contribution >= 4 is 45.6 Å². The van der Waals surface area contributed by atoms with Crippen molar-refractivity contribution in [1.82, 2.24) is 9.97 Å². The molecule has 0 bridgehead atoms. The molecule has 2 heterocycles. The van der Waals surface area contributed by atoms with Crippen molar-refractivity contribution < 1.29 is 0 Å². The minimum absolute atomic E-state index is 0.00144. The van der Waals surface area contributed by atoms with Gasteiger partial charge in [0.2, 0.25) is 0 Å². The van der Waals surface area contributed by atoms with Gasteiger partial charge in [-0.1, -0.05) is 41.6 Å². The van der Waals surface area contributed by atoms with Gasteiger partial charge in [-0.25, -0.2) is 9.97 Å². The number of thioether (sulfide) groups is 1. The van der Waals surface area contributed by atoms with Gasteiger partial charge in [0.05, 0.1) is 15.1 Å². The van der Waals surface area contributed by atoms with Crippen LogP contribution in [-0.4, -0.2) is 16.0 Å². The van der Waals surface area contributed by atoms with E-state index in [4.69, 9.17) is 17.3 Å². The molecule has 2 atom stereocenters. The highest BCUT2D eigenvalue weighted by Gasteiger charge is 2.21. The summed E-state index contributed by atoms with van der Waals surface area (Å²) in [7, 11) is 0. The van der Waals surface area contributed by atoms with Crippen molar-refractivity contribution in [3.8, 4) is 0 Å². The van der Waals surface area contributed by atoms with Crippen LogP contribution >= 0.6 is 34.7 Å². The fourth-order valence-electron chi connectivity index (χ4n) is 2.10. The smallest absolute Gasteiger partial charge is 0.117 e. The molecule has 3 rings (SSSR count). The van der Waals surface area contributed by atoms with E-state index in [-0.39, 0.29) is 11.3 Å². The molecule has 108 valence electrons. The second kappa shape index (κ2) is 6.32. The van der Waals surface area contributed by atoms with E-state index in [1.54, 1.807) is 29.4 Å². The summed E-state index contributed by atoms with van der Waals surface area (Å²) in [4.78, 5) is 9.90. The topological polar surface area (TPSA) is 51.8 Å². The lowest BCUT2D eigenvalue weighted by Gasteiger charge is -2.19. The van der Waals surface area contributed by atoms with E-state index in [2.05, 4.69) is 9.97 Å². The van der Waals surface area contributed by atoms with Gasteiger partial charge in [0, 0.05) is 16.3 Å². The first-order valence-corrected chi connectivity index (χ1v) is 8.60. The SMILES string of the molecule is CC(N)C(Sc1ncnc2ccccc12)c1ccc(Cl)s1. The molecule has 0 fully saturated rings. The Hall–Kier alpha value is -1.14. The number of hydrogen-bond acceptors (Lipinski definition) is 5. The average molecular weight is 336 g/mol. The van der Waals surface area contributed by atoms with Gasteiger partial charge < -0.3 is 5.73 Å². The summed E-state index contributed by atoms with van der Waals surface area (Å²) in [6.45, 7) is 2.01. The maximum Gasteiger partial charge on any atom is 0.117 e. The number of hydrogen-bond donors (Lipinski definition) is 1. The predicted octanol–water partition coefficient (Wildman–Crippen LogP) is 4.53. The third-order valence-electron chi connectivity index (χ3n) is 3.10. The number of rotatable bonds is 4. The van der Waals surface area contributed by atoms with Crippen LogP contribution in [-0.2, 0) is 0 Å². The van der Waals surface area contributed by atoms with E-state index in [1.807, 2.05) is 43.3 Å². The molecule has 0 amide bonds. The van der Waals surface area contributed by atoms with E-state index in [0.717, 1.165) is 20.3 Å². The van der Waals surface area contributed by atoms with Crippen LogP contribution in [0, 0.1) is 0 Å². The molecule has 2 unspecified atom stereocenters. The maximum absolute atomic E-state index is 6.17. The van der Waals surface area contributed by atoms with Gasteiger partial charge in [-0.3, -0.25) is 0 Å². The first kappa shape index (κ1) is 14.8. The van der Waals surface area contributed by atoms with Crippen LogP contribution in [0.2, 0.25) is 4.34 Å². The lowest BCUT2D eigenvalue weighted by atomic mass is 10.2. The highest BCUT2D eigenvalue weighted by molar-refractivity contribution is 7.99. The molecule has 0 radical (unpaired) electrons. The molecule has 0 aliphatic carbocycles. The molecule has 2 aromatic heterocycles. The summed E-state index contributed by atoms with van der Waals surface area (Å²) < 4.78 is 0.781. The van der Waals surface area contributed by atoms with Crippen molar-refractivity contribution in [1.29, 1.82) is 0 Å². The summed E-state index contributed by atoms with van der Waals surface area (Å²) in [6, 6.07) is 12.0. The molecule has 6 heteroatoms. The van der Waals surface area contributed by atoms with E-state index >= 15 is 0 Å². The quantitative estimate of drug-likeness (QED) is 0.562. The van der Waals surface area contributed by atoms with E-state index < -0.39 is 0 Å². The lowest BCUT2D eigenvalue weighted by Crippen LogP contribution is -2.22. The van der Waals surface area contributed by atoms with E-state index in [0.29, 0.717) is 0 Å². The monoisotopic (exact) mass is 335 g/mol. The zero-order chi connectivity index (χ0) is 14.8. The molecule has 0 saturated heterocycles. The van der Waals surface area contributed by atoms with Crippen LogP contribution in [0.15, 0.2) is 47.8 Å². The number of nitrogens with zero attached hydrogens (tertiary/aromatic N) is 2. The van der Waals surface area contributed by atoms with Crippen molar-refractivity contribution in [2.75, 3.05) is 0 Å². The Morgan fingerprint density at radius 1 is 1.19 bits per heavy atom. The van der Waals surface area contributed by atoms with Crippen LogP contribution < -0.4 is 5.73 Å². The fraction of sp³-hybridized carbons (Fsp3) is 0.200. The van der Waals surface area contributed by atoms with Crippen molar-refractivity contribution in [3.63, 3.8) is 0 Å². The van der Waals surface area contributed by atoms with E-state index in [9.17, 15) is 0 Å². The fourth-order valence-corrected chi connectivity index (χ4v) is 4.60. The Morgan fingerprint density at radius 3 is 2.71 bits per heavy atom. The second-order valence-corrected chi connectivity index (χ2v) is 7.61. The zero-order valence-electron chi connectivity index (χ0n) is 11.4. The van der Waals surface area contributed by atoms with E-state index in [1.165, 1.54) is 4.88 Å². The molecule has 3 nitrogen and oxygen atoms in total. The van der Waals surface area contributed by atoms with Gasteiger partial charge in [-0.15, -0.1) is 11.3 Å². The lowest BCUT2D eigenvalue weighted by molar-refractivity contribution is 0.729. The molecule has 0 aliphatic heterocycles. The highest BCUT2D eigenvalue weighted by atomic mass is 35.5. The molecular formula is C15H14ClN3S2. The number of para-hydroxylation sites is 1. The van der Waals surface area contributed by atoms with Crippen LogP contribution in [0.5, 0.6) is 0 Å². The normalized spacial score (nSPS) is 14.2. The third-order valence-corrected chi connectivity index (χ3v) is 6.05. The standard InChI is InChI=1S/C15H14ClN3S2/c1-9(17)14(12-6-7-13(16)20-12)21-15-10-4-2-3-5-11(10)18-8-19-15/h2-9,14H,17H2,1H3. The Bertz CT molecular complexity index is 752. The molecule has 1 aromatic carbocycles. The first-order valence-electron chi connectivity index (χ1n) is 6.52. The molecule has 0 spiro atoms. The summed E-state index contributed by atoms with van der Waals surface area (Å²) >= 11 is 9.29. The summed E-state index contributed by atoms with van der Waals surface area (Å²) in [5, 5.41) is 2.13. The Kier molecular flexibility index (Phi) is 4.45. The van der Waals surface area contributed by atoms with Crippen LogP contribution in [0.1, 0.15) is 17.1 Å². The number of fused-ring (bicyclic) bond motifs is 1. The molecule has 2 N–H and O–H groups in total. The van der Waals surface area contributed by atoms with Crippen LogP contribution in [0.3, 0.4) is 0 Å². The minimum atomic E-state index is -0.00144. The van der Waals surface area contributed by atoms with Gasteiger partial charge in [0.1, 0.15) is 11.4 Å². The molecule has 21 heavy (non-hydrogen) atoms. The molecular weight excluding hydrogens is 322 g/mol. The summed E-state index contributed by atoms with van der Waals surface area (Å²) in [5.74, 6) is 0. The van der Waals surface area contributed by atoms with Gasteiger partial charge in [-0.05, 0) is 25.1 Å². The molecule has 0 saturated carbocycles. The minimum Gasteiger partial charge on any atom is -0.327 e. The van der Waals surface area contributed by atoms with Crippen molar-refractivity contribution in [2.24, 2.45) is 5.73 Å². The summed E-state index contributed by atoms with van der Waals surface area (Å²) in [5.41, 5.74) is 7.12. The zero-order valence-corrected chi connectivity index (χ0v) is 13.8.